The molecule has 0 saturated carbocycles. The number of furan rings is 1. The van der Waals surface area contributed by atoms with Crippen molar-refractivity contribution in [3.8, 4) is 0 Å². The monoisotopic (exact) mass is 293 g/mol. The van der Waals surface area contributed by atoms with Crippen LogP contribution in [0.3, 0.4) is 0 Å². The van der Waals surface area contributed by atoms with Gasteiger partial charge in [0.2, 0.25) is 0 Å². The zero-order chi connectivity index (χ0) is 14.8. The molecule has 1 amide bonds. The third-order valence-electron chi connectivity index (χ3n) is 3.21. The van der Waals surface area contributed by atoms with Crippen molar-refractivity contribution in [3.63, 3.8) is 0 Å². The summed E-state index contributed by atoms with van der Waals surface area (Å²) in [6.45, 7) is 5.73. The van der Waals surface area contributed by atoms with Gasteiger partial charge in [-0.25, -0.2) is 0 Å². The molecule has 4 nitrogen and oxygen atoms in total. The van der Waals surface area contributed by atoms with E-state index < -0.39 is 5.60 Å². The minimum atomic E-state index is -1.07. The van der Waals surface area contributed by atoms with Crippen molar-refractivity contribution in [2.75, 3.05) is 6.54 Å². The minimum absolute atomic E-state index is 0.146. The second kappa shape index (κ2) is 5.81. The first kappa shape index (κ1) is 14.8. The normalized spacial score (nSPS) is 14.0. The predicted molar refractivity (Wildman–Crippen MR) is 79.0 cm³/mol. The average Bonchev–Trinajstić information content (AvgIpc) is 3.05. The summed E-state index contributed by atoms with van der Waals surface area (Å²) in [5.74, 6) is 0.811. The highest BCUT2D eigenvalue weighted by Gasteiger charge is 2.25. The molecule has 108 valence electrons. The van der Waals surface area contributed by atoms with Gasteiger partial charge in [-0.3, -0.25) is 4.79 Å². The van der Waals surface area contributed by atoms with E-state index in [0.29, 0.717) is 5.76 Å². The molecule has 0 fully saturated rings. The highest BCUT2D eigenvalue weighted by atomic mass is 32.1. The number of carbonyl (C=O) groups is 1. The van der Waals surface area contributed by atoms with Crippen molar-refractivity contribution in [1.82, 2.24) is 5.32 Å². The van der Waals surface area contributed by atoms with Crippen LogP contribution in [-0.4, -0.2) is 17.6 Å². The summed E-state index contributed by atoms with van der Waals surface area (Å²) in [6, 6.07) is 5.46. The van der Waals surface area contributed by atoms with Gasteiger partial charge in [0.25, 0.3) is 5.91 Å². The van der Waals surface area contributed by atoms with Gasteiger partial charge in [0.1, 0.15) is 11.4 Å². The molecule has 1 unspecified atom stereocenters. The molecule has 0 aliphatic rings. The van der Waals surface area contributed by atoms with Crippen LogP contribution in [0.25, 0.3) is 0 Å². The summed E-state index contributed by atoms with van der Waals surface area (Å²) in [6.07, 6.45) is 0.756. The quantitative estimate of drug-likeness (QED) is 0.891. The van der Waals surface area contributed by atoms with Gasteiger partial charge in [-0.2, -0.15) is 0 Å². The zero-order valence-electron chi connectivity index (χ0n) is 11.9. The standard InChI is InChI=1S/C15H19NO3S/c1-4-11-10(2)8-12(19-11)14(17)16-9-15(3,18)13-6-5-7-20-13/h5-8,18H,4,9H2,1-3H3,(H,16,17). The molecule has 5 heteroatoms. The molecular weight excluding hydrogens is 274 g/mol. The minimum Gasteiger partial charge on any atom is -0.456 e. The Hall–Kier alpha value is -1.59. The van der Waals surface area contributed by atoms with Crippen LogP contribution in [0, 0.1) is 6.92 Å². The SMILES string of the molecule is CCc1oc(C(=O)NCC(C)(O)c2cccs2)cc1C. The lowest BCUT2D eigenvalue weighted by Gasteiger charge is -2.21. The molecule has 0 radical (unpaired) electrons. The lowest BCUT2D eigenvalue weighted by atomic mass is 10.1. The Morgan fingerprint density at radius 1 is 1.55 bits per heavy atom. The first-order valence-corrected chi connectivity index (χ1v) is 7.46. The van der Waals surface area contributed by atoms with E-state index in [1.165, 1.54) is 11.3 Å². The molecule has 2 N–H and O–H groups in total. The number of hydrogen-bond acceptors (Lipinski definition) is 4. The van der Waals surface area contributed by atoms with Gasteiger partial charge in [0.15, 0.2) is 5.76 Å². The molecule has 2 aromatic heterocycles. The Balaban J connectivity index is 2.01. The highest BCUT2D eigenvalue weighted by molar-refractivity contribution is 7.10. The Labute approximate surface area is 122 Å². The van der Waals surface area contributed by atoms with E-state index in [9.17, 15) is 9.90 Å². The first-order valence-electron chi connectivity index (χ1n) is 6.58. The second-order valence-corrected chi connectivity index (χ2v) is 5.95. The van der Waals surface area contributed by atoms with Crippen LogP contribution in [0.15, 0.2) is 28.0 Å². The molecule has 2 aromatic rings. The molecule has 0 aromatic carbocycles. The van der Waals surface area contributed by atoms with Crippen molar-refractivity contribution in [2.45, 2.75) is 32.8 Å². The van der Waals surface area contributed by atoms with Crippen molar-refractivity contribution < 1.29 is 14.3 Å². The zero-order valence-corrected chi connectivity index (χ0v) is 12.7. The van der Waals surface area contributed by atoms with Crippen LogP contribution < -0.4 is 5.32 Å². The van der Waals surface area contributed by atoms with Crippen molar-refractivity contribution in [1.29, 1.82) is 0 Å². The van der Waals surface area contributed by atoms with Gasteiger partial charge in [-0.05, 0) is 36.9 Å². The summed E-state index contributed by atoms with van der Waals surface area (Å²) in [4.78, 5) is 12.9. The van der Waals surface area contributed by atoms with E-state index in [2.05, 4.69) is 5.32 Å². The van der Waals surface area contributed by atoms with Crippen LogP contribution in [0.4, 0.5) is 0 Å². The number of rotatable bonds is 5. The van der Waals surface area contributed by atoms with Gasteiger partial charge in [-0.15, -0.1) is 11.3 Å². The van der Waals surface area contributed by atoms with Crippen molar-refractivity contribution >= 4 is 17.2 Å². The number of carbonyl (C=O) groups excluding carboxylic acids is 1. The average molecular weight is 293 g/mol. The molecular formula is C15H19NO3S. The Morgan fingerprint density at radius 3 is 2.85 bits per heavy atom. The van der Waals surface area contributed by atoms with Gasteiger partial charge in [-0.1, -0.05) is 13.0 Å². The van der Waals surface area contributed by atoms with E-state index >= 15 is 0 Å². The fourth-order valence-corrected chi connectivity index (χ4v) is 2.78. The van der Waals surface area contributed by atoms with Gasteiger partial charge >= 0.3 is 0 Å². The van der Waals surface area contributed by atoms with Crippen LogP contribution in [-0.2, 0) is 12.0 Å². The molecule has 0 aliphatic carbocycles. The maximum atomic E-state index is 12.0. The van der Waals surface area contributed by atoms with E-state index in [-0.39, 0.29) is 12.5 Å². The lowest BCUT2D eigenvalue weighted by Crippen LogP contribution is -2.37. The third kappa shape index (κ3) is 3.11. The Bertz CT molecular complexity index is 584. The molecule has 0 spiro atoms. The molecule has 2 heterocycles. The van der Waals surface area contributed by atoms with E-state index in [1.807, 2.05) is 31.4 Å². The molecule has 20 heavy (non-hydrogen) atoms. The predicted octanol–water partition coefficient (Wildman–Crippen LogP) is 2.85. The van der Waals surface area contributed by atoms with E-state index in [1.54, 1.807) is 13.0 Å². The molecule has 1 atom stereocenters. The summed E-state index contributed by atoms with van der Waals surface area (Å²) >= 11 is 1.46. The summed E-state index contributed by atoms with van der Waals surface area (Å²) in [7, 11) is 0. The van der Waals surface area contributed by atoms with Crippen LogP contribution >= 0.6 is 11.3 Å². The fourth-order valence-electron chi connectivity index (χ4n) is 1.99. The summed E-state index contributed by atoms with van der Waals surface area (Å²) < 4.78 is 5.49. The topological polar surface area (TPSA) is 62.5 Å². The molecule has 0 aliphatic heterocycles. The maximum absolute atomic E-state index is 12.0. The number of nitrogens with one attached hydrogen (secondary N) is 1. The smallest absolute Gasteiger partial charge is 0.287 e. The molecule has 0 saturated heterocycles. The van der Waals surface area contributed by atoms with Crippen LogP contribution in [0.5, 0.6) is 0 Å². The second-order valence-electron chi connectivity index (χ2n) is 5.00. The maximum Gasteiger partial charge on any atom is 0.287 e. The number of amides is 1. The number of aryl methyl sites for hydroxylation is 2. The van der Waals surface area contributed by atoms with Gasteiger partial charge in [0.05, 0.1) is 6.54 Å². The van der Waals surface area contributed by atoms with E-state index in [4.69, 9.17) is 4.42 Å². The third-order valence-corrected chi connectivity index (χ3v) is 4.33. The number of hydrogen-bond donors (Lipinski definition) is 2. The van der Waals surface area contributed by atoms with Crippen molar-refractivity contribution in [2.24, 2.45) is 0 Å². The highest BCUT2D eigenvalue weighted by Crippen LogP contribution is 2.24. The Morgan fingerprint density at radius 2 is 2.30 bits per heavy atom. The summed E-state index contributed by atoms with van der Waals surface area (Å²) in [5.41, 5.74) is -0.0957. The van der Waals surface area contributed by atoms with Crippen LogP contribution in [0.2, 0.25) is 0 Å². The number of thiophene rings is 1. The van der Waals surface area contributed by atoms with Crippen LogP contribution in [0.1, 0.15) is 40.6 Å². The van der Waals surface area contributed by atoms with Crippen molar-refractivity contribution in [3.05, 3.63) is 45.5 Å². The Kier molecular flexibility index (Phi) is 4.30. The summed E-state index contributed by atoms with van der Waals surface area (Å²) in [5, 5.41) is 15.0. The van der Waals surface area contributed by atoms with Gasteiger partial charge < -0.3 is 14.8 Å². The first-order chi connectivity index (χ1) is 9.44. The molecule has 0 bridgehead atoms. The molecule has 2 rings (SSSR count). The van der Waals surface area contributed by atoms with Gasteiger partial charge in [0, 0.05) is 11.3 Å². The largest absolute Gasteiger partial charge is 0.456 e. The lowest BCUT2D eigenvalue weighted by molar-refractivity contribution is 0.0548. The number of aliphatic hydroxyl groups is 1. The fraction of sp³-hybridized carbons (Fsp3) is 0.400. The van der Waals surface area contributed by atoms with E-state index in [0.717, 1.165) is 22.6 Å².